The van der Waals surface area contributed by atoms with Gasteiger partial charge in [-0.2, -0.15) is 0 Å². The van der Waals surface area contributed by atoms with E-state index in [0.717, 1.165) is 24.6 Å². The number of hydrogen-bond donors (Lipinski definition) is 1. The minimum Gasteiger partial charge on any atom is -0.311 e. The maximum absolute atomic E-state index is 4.23. The summed E-state index contributed by atoms with van der Waals surface area (Å²) in [6, 6.07) is 1.23. The van der Waals surface area contributed by atoms with Crippen LogP contribution in [0.4, 0.5) is 0 Å². The maximum atomic E-state index is 4.23. The minimum absolute atomic E-state index is 0.551. The Labute approximate surface area is 91.1 Å². The van der Waals surface area contributed by atoms with Crippen LogP contribution in [0.1, 0.15) is 50.8 Å². The molecule has 1 unspecified atom stereocenters. The molecule has 1 atom stereocenters. The average Bonchev–Trinajstić information content (AvgIpc) is 3.00. The molecular formula is C11H20N4. The van der Waals surface area contributed by atoms with Crippen LogP contribution in [0.3, 0.4) is 0 Å². The largest absolute Gasteiger partial charge is 0.311 e. The fourth-order valence-corrected chi connectivity index (χ4v) is 1.75. The molecule has 84 valence electrons. The van der Waals surface area contributed by atoms with Gasteiger partial charge in [0.15, 0.2) is 0 Å². The SMILES string of the molecule is CCC(C)NCc1nnc(C)n1C1CC1. The first-order valence-electron chi connectivity index (χ1n) is 5.86. The lowest BCUT2D eigenvalue weighted by molar-refractivity contribution is 0.506. The number of nitrogens with zero attached hydrogens (tertiary/aromatic N) is 3. The van der Waals surface area contributed by atoms with Crippen LogP contribution in [0.15, 0.2) is 0 Å². The van der Waals surface area contributed by atoms with Crippen molar-refractivity contribution >= 4 is 0 Å². The second kappa shape index (κ2) is 4.31. The van der Waals surface area contributed by atoms with Crippen molar-refractivity contribution < 1.29 is 0 Å². The Morgan fingerprint density at radius 1 is 1.47 bits per heavy atom. The van der Waals surface area contributed by atoms with Crippen molar-refractivity contribution in [3.05, 3.63) is 11.6 Å². The van der Waals surface area contributed by atoms with Crippen LogP contribution in [-0.4, -0.2) is 20.8 Å². The molecule has 4 heteroatoms. The van der Waals surface area contributed by atoms with E-state index >= 15 is 0 Å². The summed E-state index contributed by atoms with van der Waals surface area (Å²) in [7, 11) is 0. The molecule has 0 spiro atoms. The van der Waals surface area contributed by atoms with E-state index in [-0.39, 0.29) is 0 Å². The topological polar surface area (TPSA) is 42.7 Å². The first kappa shape index (κ1) is 10.6. The summed E-state index contributed by atoms with van der Waals surface area (Å²) in [4.78, 5) is 0. The van der Waals surface area contributed by atoms with Gasteiger partial charge >= 0.3 is 0 Å². The van der Waals surface area contributed by atoms with Crippen molar-refractivity contribution in [1.29, 1.82) is 0 Å². The molecule has 0 aromatic carbocycles. The normalized spacial score (nSPS) is 18.1. The predicted molar refractivity (Wildman–Crippen MR) is 59.6 cm³/mol. The van der Waals surface area contributed by atoms with Gasteiger partial charge in [-0.05, 0) is 33.1 Å². The fourth-order valence-electron chi connectivity index (χ4n) is 1.75. The third kappa shape index (κ3) is 2.37. The first-order valence-corrected chi connectivity index (χ1v) is 5.86. The molecule has 1 aliphatic carbocycles. The zero-order valence-electron chi connectivity index (χ0n) is 9.82. The molecule has 0 saturated heterocycles. The van der Waals surface area contributed by atoms with Crippen molar-refractivity contribution in [3.63, 3.8) is 0 Å². The second-order valence-electron chi connectivity index (χ2n) is 4.45. The van der Waals surface area contributed by atoms with Gasteiger partial charge in [-0.15, -0.1) is 10.2 Å². The molecule has 0 radical (unpaired) electrons. The Bertz CT molecular complexity index is 327. The molecular weight excluding hydrogens is 188 g/mol. The Morgan fingerprint density at radius 2 is 2.20 bits per heavy atom. The quantitative estimate of drug-likeness (QED) is 0.802. The van der Waals surface area contributed by atoms with Crippen LogP contribution in [-0.2, 0) is 6.54 Å². The summed E-state index contributed by atoms with van der Waals surface area (Å²) in [6.07, 6.45) is 3.72. The number of hydrogen-bond acceptors (Lipinski definition) is 3. The van der Waals surface area contributed by atoms with E-state index < -0.39 is 0 Å². The van der Waals surface area contributed by atoms with E-state index in [1.54, 1.807) is 0 Å². The average molecular weight is 208 g/mol. The highest BCUT2D eigenvalue weighted by Gasteiger charge is 2.27. The fraction of sp³-hybridized carbons (Fsp3) is 0.818. The van der Waals surface area contributed by atoms with Gasteiger partial charge in [-0.25, -0.2) is 0 Å². The summed E-state index contributed by atoms with van der Waals surface area (Å²) in [5.74, 6) is 2.15. The highest BCUT2D eigenvalue weighted by Crippen LogP contribution is 2.36. The molecule has 1 saturated carbocycles. The van der Waals surface area contributed by atoms with E-state index in [9.17, 15) is 0 Å². The second-order valence-corrected chi connectivity index (χ2v) is 4.45. The van der Waals surface area contributed by atoms with Crippen molar-refractivity contribution in [1.82, 2.24) is 20.1 Å². The first-order chi connectivity index (χ1) is 7.22. The highest BCUT2D eigenvalue weighted by molar-refractivity contribution is 5.01. The molecule has 2 rings (SSSR count). The summed E-state index contributed by atoms with van der Waals surface area (Å²) in [6.45, 7) is 7.27. The van der Waals surface area contributed by atoms with Crippen LogP contribution in [0.5, 0.6) is 0 Å². The van der Waals surface area contributed by atoms with Gasteiger partial charge in [0.05, 0.1) is 6.54 Å². The van der Waals surface area contributed by atoms with Crippen LogP contribution >= 0.6 is 0 Å². The highest BCUT2D eigenvalue weighted by atomic mass is 15.3. The molecule has 15 heavy (non-hydrogen) atoms. The van der Waals surface area contributed by atoms with Crippen molar-refractivity contribution in [2.45, 2.75) is 58.7 Å². The van der Waals surface area contributed by atoms with Crippen LogP contribution < -0.4 is 5.32 Å². The van der Waals surface area contributed by atoms with Gasteiger partial charge < -0.3 is 9.88 Å². The molecule has 0 aliphatic heterocycles. The van der Waals surface area contributed by atoms with Crippen molar-refractivity contribution in [2.24, 2.45) is 0 Å². The molecule has 0 bridgehead atoms. The van der Waals surface area contributed by atoms with Crippen LogP contribution in [0.25, 0.3) is 0 Å². The molecule has 1 fully saturated rings. The molecule has 4 nitrogen and oxygen atoms in total. The number of nitrogens with one attached hydrogen (secondary N) is 1. The third-order valence-corrected chi connectivity index (χ3v) is 3.07. The number of aromatic nitrogens is 3. The van der Waals surface area contributed by atoms with Crippen molar-refractivity contribution in [3.8, 4) is 0 Å². The van der Waals surface area contributed by atoms with Crippen LogP contribution in [0, 0.1) is 6.92 Å². The summed E-state index contributed by atoms with van der Waals surface area (Å²) in [5, 5.41) is 11.8. The van der Waals surface area contributed by atoms with Gasteiger partial charge in [0.25, 0.3) is 0 Å². The van der Waals surface area contributed by atoms with E-state index in [0.29, 0.717) is 12.1 Å². The zero-order chi connectivity index (χ0) is 10.8. The third-order valence-electron chi connectivity index (χ3n) is 3.07. The van der Waals surface area contributed by atoms with Crippen molar-refractivity contribution in [2.75, 3.05) is 0 Å². The molecule has 1 aromatic heterocycles. The number of aryl methyl sites for hydroxylation is 1. The minimum atomic E-state index is 0.551. The lowest BCUT2D eigenvalue weighted by Gasteiger charge is -2.12. The zero-order valence-corrected chi connectivity index (χ0v) is 9.82. The van der Waals surface area contributed by atoms with E-state index in [1.165, 1.54) is 12.8 Å². The van der Waals surface area contributed by atoms with E-state index in [2.05, 4.69) is 33.9 Å². The molecule has 1 aromatic rings. The van der Waals surface area contributed by atoms with Gasteiger partial charge in [0.1, 0.15) is 11.6 Å². The van der Waals surface area contributed by atoms with Gasteiger partial charge in [0, 0.05) is 12.1 Å². The smallest absolute Gasteiger partial charge is 0.147 e. The van der Waals surface area contributed by atoms with E-state index in [4.69, 9.17) is 0 Å². The Morgan fingerprint density at radius 3 is 2.80 bits per heavy atom. The monoisotopic (exact) mass is 208 g/mol. The van der Waals surface area contributed by atoms with Crippen LogP contribution in [0.2, 0.25) is 0 Å². The molecule has 1 heterocycles. The lowest BCUT2D eigenvalue weighted by Crippen LogP contribution is -2.26. The Balaban J connectivity index is 2.01. The molecule has 1 N–H and O–H groups in total. The predicted octanol–water partition coefficient (Wildman–Crippen LogP) is 1.81. The summed E-state index contributed by atoms with van der Waals surface area (Å²) in [5.41, 5.74) is 0. The van der Waals surface area contributed by atoms with Gasteiger partial charge in [-0.1, -0.05) is 6.92 Å². The molecule has 0 amide bonds. The Hall–Kier alpha value is -0.900. The summed E-state index contributed by atoms with van der Waals surface area (Å²) >= 11 is 0. The Kier molecular flexibility index (Phi) is 3.05. The van der Waals surface area contributed by atoms with E-state index in [1.807, 2.05) is 6.92 Å². The van der Waals surface area contributed by atoms with Gasteiger partial charge in [-0.3, -0.25) is 0 Å². The standard InChI is InChI=1S/C11H20N4/c1-4-8(2)12-7-11-14-13-9(3)15(11)10-5-6-10/h8,10,12H,4-7H2,1-3H3. The molecule has 1 aliphatic rings. The number of rotatable bonds is 5. The lowest BCUT2D eigenvalue weighted by atomic mass is 10.2. The van der Waals surface area contributed by atoms with Gasteiger partial charge in [0.2, 0.25) is 0 Å². The summed E-state index contributed by atoms with van der Waals surface area (Å²) < 4.78 is 2.29. The maximum Gasteiger partial charge on any atom is 0.147 e.